The normalized spacial score (nSPS) is 10.4. The van der Waals surface area contributed by atoms with Gasteiger partial charge in [-0.25, -0.2) is 4.79 Å². The minimum atomic E-state index is -0.665. The van der Waals surface area contributed by atoms with Crippen LogP contribution in [0.2, 0.25) is 10.0 Å². The van der Waals surface area contributed by atoms with Crippen LogP contribution in [0, 0.1) is 0 Å². The first-order valence-electron chi connectivity index (χ1n) is 8.07. The molecule has 27 heavy (non-hydrogen) atoms. The molecule has 8 heteroatoms. The van der Waals surface area contributed by atoms with Crippen LogP contribution in [0.5, 0.6) is 11.5 Å². The highest BCUT2D eigenvalue weighted by Crippen LogP contribution is 2.29. The Balaban J connectivity index is 1.97. The van der Waals surface area contributed by atoms with Gasteiger partial charge in [-0.15, -0.1) is 0 Å². The maximum atomic E-state index is 12.2. The zero-order valence-electron chi connectivity index (χ0n) is 15.0. The summed E-state index contributed by atoms with van der Waals surface area (Å²) in [6.07, 6.45) is -0.0416. The van der Waals surface area contributed by atoms with Crippen LogP contribution in [0.4, 0.5) is 5.69 Å². The standard InChI is InChI=1S/C19H19Cl2NO5/c1-11(2)27-16-7-4-12(8-17(16)25-3)19(24)26-10-18(23)22-15-6-5-13(20)9-14(15)21/h4-9,11H,10H2,1-3H3,(H,22,23). The number of nitrogens with one attached hydrogen (secondary N) is 1. The molecule has 0 fully saturated rings. The van der Waals surface area contributed by atoms with Crippen LogP contribution in [0.15, 0.2) is 36.4 Å². The van der Waals surface area contributed by atoms with Gasteiger partial charge in [-0.3, -0.25) is 4.79 Å². The van der Waals surface area contributed by atoms with Gasteiger partial charge in [0.15, 0.2) is 18.1 Å². The van der Waals surface area contributed by atoms with Crippen molar-refractivity contribution in [1.29, 1.82) is 0 Å². The Labute approximate surface area is 167 Å². The molecule has 0 heterocycles. The van der Waals surface area contributed by atoms with Crippen LogP contribution in [-0.4, -0.2) is 31.7 Å². The van der Waals surface area contributed by atoms with Gasteiger partial charge < -0.3 is 19.5 Å². The molecule has 1 N–H and O–H groups in total. The number of esters is 1. The van der Waals surface area contributed by atoms with Gasteiger partial charge in [0.25, 0.3) is 5.91 Å². The molecule has 6 nitrogen and oxygen atoms in total. The predicted octanol–water partition coefficient (Wildman–Crippen LogP) is 4.58. The molecule has 0 aliphatic heterocycles. The highest BCUT2D eigenvalue weighted by Gasteiger charge is 2.15. The van der Waals surface area contributed by atoms with E-state index in [1.54, 1.807) is 18.2 Å². The average Bonchev–Trinajstić information content (AvgIpc) is 2.62. The fourth-order valence-corrected chi connectivity index (χ4v) is 2.59. The molecule has 0 aromatic heterocycles. The topological polar surface area (TPSA) is 73.9 Å². The quantitative estimate of drug-likeness (QED) is 0.674. The lowest BCUT2D eigenvalue weighted by molar-refractivity contribution is -0.119. The third-order valence-electron chi connectivity index (χ3n) is 3.30. The summed E-state index contributed by atoms with van der Waals surface area (Å²) in [5.41, 5.74) is 0.610. The summed E-state index contributed by atoms with van der Waals surface area (Å²) in [5.74, 6) is -0.282. The van der Waals surface area contributed by atoms with E-state index in [-0.39, 0.29) is 16.7 Å². The van der Waals surface area contributed by atoms with Gasteiger partial charge in [-0.05, 0) is 50.2 Å². The van der Waals surface area contributed by atoms with Crippen molar-refractivity contribution in [3.63, 3.8) is 0 Å². The summed E-state index contributed by atoms with van der Waals surface area (Å²) in [7, 11) is 1.47. The van der Waals surface area contributed by atoms with Crippen LogP contribution >= 0.6 is 23.2 Å². The number of benzene rings is 2. The molecule has 2 rings (SSSR count). The van der Waals surface area contributed by atoms with Crippen molar-refractivity contribution in [3.8, 4) is 11.5 Å². The van der Waals surface area contributed by atoms with Crippen LogP contribution < -0.4 is 14.8 Å². The third-order valence-corrected chi connectivity index (χ3v) is 3.85. The van der Waals surface area contributed by atoms with Crippen LogP contribution in [0.3, 0.4) is 0 Å². The molecule has 0 spiro atoms. The van der Waals surface area contributed by atoms with Gasteiger partial charge in [0.05, 0.1) is 29.5 Å². The molecule has 0 radical (unpaired) electrons. The van der Waals surface area contributed by atoms with E-state index in [0.717, 1.165) is 0 Å². The van der Waals surface area contributed by atoms with E-state index in [9.17, 15) is 9.59 Å². The van der Waals surface area contributed by atoms with Gasteiger partial charge in [0.1, 0.15) is 0 Å². The van der Waals surface area contributed by atoms with E-state index in [2.05, 4.69) is 5.32 Å². The number of hydrogen-bond donors (Lipinski definition) is 1. The fraction of sp³-hybridized carbons (Fsp3) is 0.263. The lowest BCUT2D eigenvalue weighted by Gasteiger charge is -2.14. The highest BCUT2D eigenvalue weighted by atomic mass is 35.5. The molecule has 0 aliphatic rings. The van der Waals surface area contributed by atoms with Crippen molar-refractivity contribution in [2.45, 2.75) is 20.0 Å². The van der Waals surface area contributed by atoms with Gasteiger partial charge >= 0.3 is 5.97 Å². The van der Waals surface area contributed by atoms with Crippen molar-refractivity contribution in [2.24, 2.45) is 0 Å². The molecule has 0 aliphatic carbocycles. The van der Waals surface area contributed by atoms with Crippen LogP contribution in [0.25, 0.3) is 0 Å². The molecule has 0 bridgehead atoms. The molecule has 144 valence electrons. The second-order valence-electron chi connectivity index (χ2n) is 5.78. The van der Waals surface area contributed by atoms with E-state index >= 15 is 0 Å². The van der Waals surface area contributed by atoms with Gasteiger partial charge in [-0.2, -0.15) is 0 Å². The molecular formula is C19H19Cl2NO5. The van der Waals surface area contributed by atoms with Crippen molar-refractivity contribution < 1.29 is 23.8 Å². The van der Waals surface area contributed by atoms with Crippen molar-refractivity contribution >= 4 is 40.8 Å². The van der Waals surface area contributed by atoms with Crippen molar-refractivity contribution in [1.82, 2.24) is 0 Å². The zero-order chi connectivity index (χ0) is 20.0. The van der Waals surface area contributed by atoms with Crippen molar-refractivity contribution in [3.05, 3.63) is 52.0 Å². The van der Waals surface area contributed by atoms with Crippen LogP contribution in [0.1, 0.15) is 24.2 Å². The lowest BCUT2D eigenvalue weighted by atomic mass is 10.2. The smallest absolute Gasteiger partial charge is 0.338 e. The number of carbonyl (C=O) groups excluding carboxylic acids is 2. The number of hydrogen-bond acceptors (Lipinski definition) is 5. The summed E-state index contributed by atoms with van der Waals surface area (Å²) in [4.78, 5) is 24.1. The van der Waals surface area contributed by atoms with Gasteiger partial charge in [0.2, 0.25) is 0 Å². The van der Waals surface area contributed by atoms with Gasteiger partial charge in [0, 0.05) is 5.02 Å². The number of amides is 1. The van der Waals surface area contributed by atoms with Crippen molar-refractivity contribution in [2.75, 3.05) is 19.0 Å². The summed E-state index contributed by atoms with van der Waals surface area (Å²) in [5, 5.41) is 3.28. The maximum Gasteiger partial charge on any atom is 0.338 e. The largest absolute Gasteiger partial charge is 0.493 e. The highest BCUT2D eigenvalue weighted by molar-refractivity contribution is 6.36. The van der Waals surface area contributed by atoms with Gasteiger partial charge in [-0.1, -0.05) is 23.2 Å². The second kappa shape index (κ2) is 9.48. The molecule has 0 unspecified atom stereocenters. The van der Waals surface area contributed by atoms with E-state index in [1.807, 2.05) is 13.8 Å². The first-order valence-corrected chi connectivity index (χ1v) is 8.82. The molecule has 2 aromatic carbocycles. The molecular weight excluding hydrogens is 393 g/mol. The molecule has 2 aromatic rings. The number of anilines is 1. The number of carbonyl (C=O) groups is 2. The Morgan fingerprint density at radius 1 is 1.07 bits per heavy atom. The third kappa shape index (κ3) is 6.05. The number of rotatable bonds is 7. The van der Waals surface area contributed by atoms with E-state index < -0.39 is 18.5 Å². The Kier molecular flexibility index (Phi) is 7.33. The predicted molar refractivity (Wildman–Crippen MR) is 104 cm³/mol. The first-order chi connectivity index (χ1) is 12.8. The fourth-order valence-electron chi connectivity index (χ4n) is 2.14. The Bertz CT molecular complexity index is 839. The SMILES string of the molecule is COc1cc(C(=O)OCC(=O)Nc2ccc(Cl)cc2Cl)ccc1OC(C)C. The molecule has 0 atom stereocenters. The Morgan fingerprint density at radius 2 is 1.81 bits per heavy atom. The summed E-state index contributed by atoms with van der Waals surface area (Å²) in [6.45, 7) is 3.30. The minimum Gasteiger partial charge on any atom is -0.493 e. The molecule has 0 saturated carbocycles. The van der Waals surface area contributed by atoms with E-state index in [4.69, 9.17) is 37.4 Å². The number of ether oxygens (including phenoxy) is 3. The average molecular weight is 412 g/mol. The monoisotopic (exact) mass is 411 g/mol. The molecule has 1 amide bonds. The van der Waals surface area contributed by atoms with Crippen LogP contribution in [-0.2, 0) is 9.53 Å². The van der Waals surface area contributed by atoms with E-state index in [1.165, 1.54) is 25.3 Å². The first kappa shape index (κ1) is 20.9. The Morgan fingerprint density at radius 3 is 2.44 bits per heavy atom. The number of methoxy groups -OCH3 is 1. The summed E-state index contributed by atoms with van der Waals surface area (Å²) < 4.78 is 15.8. The molecule has 0 saturated heterocycles. The summed E-state index contributed by atoms with van der Waals surface area (Å²) >= 11 is 11.8. The zero-order valence-corrected chi connectivity index (χ0v) is 16.6. The minimum absolute atomic E-state index is 0.0416. The lowest BCUT2D eigenvalue weighted by Crippen LogP contribution is -2.21. The maximum absolute atomic E-state index is 12.2. The van der Waals surface area contributed by atoms with E-state index in [0.29, 0.717) is 22.2 Å². The second-order valence-corrected chi connectivity index (χ2v) is 6.62. The Hall–Kier alpha value is -2.44. The summed E-state index contributed by atoms with van der Waals surface area (Å²) in [6, 6.07) is 9.29. The number of halogens is 2.